The number of amides is 1. The number of nitrogens with zero attached hydrogens (tertiary/aromatic N) is 3. The topological polar surface area (TPSA) is 73.7 Å². The molecule has 0 aliphatic carbocycles. The molecule has 0 radical (unpaired) electrons. The molecule has 3 aromatic rings. The Morgan fingerprint density at radius 3 is 2.39 bits per heavy atom. The van der Waals surface area contributed by atoms with Gasteiger partial charge in [-0.15, -0.1) is 0 Å². The van der Waals surface area contributed by atoms with Gasteiger partial charge >= 0.3 is 0 Å². The summed E-state index contributed by atoms with van der Waals surface area (Å²) in [6, 6.07) is 12.6. The van der Waals surface area contributed by atoms with Crippen molar-refractivity contribution in [1.82, 2.24) is 14.7 Å². The Bertz CT molecular complexity index is 1170. The van der Waals surface area contributed by atoms with Crippen LogP contribution in [0.4, 0.5) is 4.39 Å². The molecule has 0 spiro atoms. The number of methoxy groups -OCH3 is 2. The number of ether oxygens (including phenoxy) is 2. The van der Waals surface area contributed by atoms with E-state index in [2.05, 4.69) is 5.10 Å². The largest absolute Gasteiger partial charge is 0.493 e. The van der Waals surface area contributed by atoms with Crippen LogP contribution in [0.15, 0.2) is 53.3 Å². The van der Waals surface area contributed by atoms with Gasteiger partial charge in [-0.1, -0.05) is 0 Å². The van der Waals surface area contributed by atoms with Crippen molar-refractivity contribution in [2.75, 3.05) is 20.8 Å². The third kappa shape index (κ3) is 4.28. The number of carbonyl (C=O) groups is 1. The number of rotatable bonds is 5. The SMILES string of the molecule is COc1cc2c(cc1OC)CN(C(=O)Cn1nc(-c3ccc(F)cc3)ccc1=O)CC2. The quantitative estimate of drug-likeness (QED) is 0.631. The highest BCUT2D eigenvalue weighted by Gasteiger charge is 2.23. The zero-order valence-corrected chi connectivity index (χ0v) is 17.3. The molecule has 0 saturated heterocycles. The first-order chi connectivity index (χ1) is 15.0. The first-order valence-electron chi connectivity index (χ1n) is 9.84. The maximum absolute atomic E-state index is 13.2. The van der Waals surface area contributed by atoms with Crippen LogP contribution in [0, 0.1) is 5.82 Å². The lowest BCUT2D eigenvalue weighted by Gasteiger charge is -2.29. The van der Waals surface area contributed by atoms with Crippen LogP contribution in [0.25, 0.3) is 11.3 Å². The second-order valence-corrected chi connectivity index (χ2v) is 7.26. The van der Waals surface area contributed by atoms with Crippen LogP contribution in [-0.4, -0.2) is 41.4 Å². The maximum Gasteiger partial charge on any atom is 0.267 e. The van der Waals surface area contributed by atoms with Crippen LogP contribution in [-0.2, 0) is 24.3 Å². The summed E-state index contributed by atoms with van der Waals surface area (Å²) >= 11 is 0. The summed E-state index contributed by atoms with van der Waals surface area (Å²) in [5, 5.41) is 4.30. The molecule has 1 amide bonds. The summed E-state index contributed by atoms with van der Waals surface area (Å²) < 4.78 is 25.0. The van der Waals surface area contributed by atoms with Gasteiger partial charge in [-0.05, 0) is 60.0 Å². The number of hydrogen-bond acceptors (Lipinski definition) is 5. The van der Waals surface area contributed by atoms with Gasteiger partial charge in [-0.2, -0.15) is 5.10 Å². The Labute approximate surface area is 178 Å². The second-order valence-electron chi connectivity index (χ2n) is 7.26. The van der Waals surface area contributed by atoms with Gasteiger partial charge in [0.1, 0.15) is 12.4 Å². The number of aromatic nitrogens is 2. The van der Waals surface area contributed by atoms with Gasteiger partial charge in [0.25, 0.3) is 5.56 Å². The fourth-order valence-corrected chi connectivity index (χ4v) is 3.66. The molecule has 0 bridgehead atoms. The third-order valence-corrected chi connectivity index (χ3v) is 5.36. The smallest absolute Gasteiger partial charge is 0.267 e. The number of carbonyl (C=O) groups excluding carboxylic acids is 1. The molecule has 0 saturated carbocycles. The van der Waals surface area contributed by atoms with Crippen molar-refractivity contribution >= 4 is 5.91 Å². The molecule has 4 rings (SSSR count). The molecule has 7 nitrogen and oxygen atoms in total. The van der Waals surface area contributed by atoms with Gasteiger partial charge in [0.15, 0.2) is 11.5 Å². The average Bonchev–Trinajstić information content (AvgIpc) is 2.79. The molecule has 1 aromatic heterocycles. The lowest BCUT2D eigenvalue weighted by molar-refractivity contribution is -0.133. The normalized spacial score (nSPS) is 12.9. The molecule has 0 unspecified atom stereocenters. The van der Waals surface area contributed by atoms with Gasteiger partial charge in [0.05, 0.1) is 19.9 Å². The van der Waals surface area contributed by atoms with Gasteiger partial charge in [0.2, 0.25) is 5.91 Å². The summed E-state index contributed by atoms with van der Waals surface area (Å²) in [4.78, 5) is 26.9. The van der Waals surface area contributed by atoms with E-state index in [0.29, 0.717) is 42.3 Å². The predicted molar refractivity (Wildman–Crippen MR) is 113 cm³/mol. The van der Waals surface area contributed by atoms with Crippen LogP contribution >= 0.6 is 0 Å². The minimum absolute atomic E-state index is 0.170. The van der Waals surface area contributed by atoms with E-state index in [1.54, 1.807) is 37.3 Å². The van der Waals surface area contributed by atoms with E-state index in [0.717, 1.165) is 15.8 Å². The molecule has 1 aliphatic heterocycles. The molecule has 1 aliphatic rings. The molecule has 0 atom stereocenters. The molecule has 2 heterocycles. The summed E-state index contributed by atoms with van der Waals surface area (Å²) in [5.74, 6) is 0.716. The molecule has 8 heteroatoms. The number of benzene rings is 2. The van der Waals surface area contributed by atoms with E-state index < -0.39 is 0 Å². The van der Waals surface area contributed by atoms with Crippen molar-refractivity contribution < 1.29 is 18.7 Å². The van der Waals surface area contributed by atoms with Crippen LogP contribution in [0.3, 0.4) is 0 Å². The average molecular weight is 423 g/mol. The molecular formula is C23H22FN3O4. The highest BCUT2D eigenvalue weighted by molar-refractivity contribution is 5.76. The third-order valence-electron chi connectivity index (χ3n) is 5.36. The molecule has 0 N–H and O–H groups in total. The number of fused-ring (bicyclic) bond motifs is 1. The van der Waals surface area contributed by atoms with Crippen molar-refractivity contribution in [3.63, 3.8) is 0 Å². The van der Waals surface area contributed by atoms with Crippen LogP contribution < -0.4 is 15.0 Å². The van der Waals surface area contributed by atoms with E-state index >= 15 is 0 Å². The second kappa shape index (κ2) is 8.59. The zero-order valence-electron chi connectivity index (χ0n) is 17.3. The Balaban J connectivity index is 1.53. The fraction of sp³-hybridized carbons (Fsp3) is 0.261. The van der Waals surface area contributed by atoms with Crippen molar-refractivity contribution in [2.24, 2.45) is 0 Å². The minimum atomic E-state index is -0.372. The highest BCUT2D eigenvalue weighted by Crippen LogP contribution is 2.33. The lowest BCUT2D eigenvalue weighted by Crippen LogP contribution is -2.40. The van der Waals surface area contributed by atoms with E-state index in [9.17, 15) is 14.0 Å². The van der Waals surface area contributed by atoms with Gasteiger partial charge < -0.3 is 14.4 Å². The van der Waals surface area contributed by atoms with Gasteiger partial charge in [-0.3, -0.25) is 9.59 Å². The summed E-state index contributed by atoms with van der Waals surface area (Å²) in [6.07, 6.45) is 0.680. The Kier molecular flexibility index (Phi) is 5.70. The van der Waals surface area contributed by atoms with E-state index in [1.807, 2.05) is 12.1 Å². The Morgan fingerprint density at radius 2 is 1.71 bits per heavy atom. The molecular weight excluding hydrogens is 401 g/mol. The van der Waals surface area contributed by atoms with Crippen molar-refractivity contribution in [2.45, 2.75) is 19.5 Å². The predicted octanol–water partition coefficient (Wildman–Crippen LogP) is 2.65. The van der Waals surface area contributed by atoms with Crippen LogP contribution in [0.2, 0.25) is 0 Å². The summed E-state index contributed by atoms with van der Waals surface area (Å²) in [5.41, 5.74) is 2.87. The summed E-state index contributed by atoms with van der Waals surface area (Å²) in [7, 11) is 3.16. The van der Waals surface area contributed by atoms with Gasteiger partial charge in [0, 0.05) is 24.7 Å². The monoisotopic (exact) mass is 423 g/mol. The van der Waals surface area contributed by atoms with E-state index in [1.165, 1.54) is 18.2 Å². The van der Waals surface area contributed by atoms with E-state index in [4.69, 9.17) is 9.47 Å². The zero-order chi connectivity index (χ0) is 22.0. The molecule has 160 valence electrons. The minimum Gasteiger partial charge on any atom is -0.493 e. The van der Waals surface area contributed by atoms with E-state index in [-0.39, 0.29) is 23.8 Å². The first kappa shape index (κ1) is 20.6. The number of halogens is 1. The molecule has 2 aromatic carbocycles. The van der Waals surface area contributed by atoms with Crippen molar-refractivity contribution in [3.05, 3.63) is 75.8 Å². The standard InChI is InChI=1S/C23H22FN3O4/c1-30-20-11-16-9-10-26(13-17(16)12-21(20)31-2)23(29)14-27-22(28)8-7-19(25-27)15-3-5-18(24)6-4-15/h3-8,11-12H,9-10,13-14H2,1-2H3. The molecule has 0 fully saturated rings. The molecule has 31 heavy (non-hydrogen) atoms. The first-order valence-corrected chi connectivity index (χ1v) is 9.84. The van der Waals surface area contributed by atoms with Gasteiger partial charge in [-0.25, -0.2) is 9.07 Å². The highest BCUT2D eigenvalue weighted by atomic mass is 19.1. The Hall–Kier alpha value is -3.68. The van der Waals surface area contributed by atoms with Crippen molar-refractivity contribution in [1.29, 1.82) is 0 Å². The Morgan fingerprint density at radius 1 is 1.03 bits per heavy atom. The maximum atomic E-state index is 13.2. The fourth-order valence-electron chi connectivity index (χ4n) is 3.66. The summed E-state index contributed by atoms with van der Waals surface area (Å²) in [6.45, 7) is 0.783. The van der Waals surface area contributed by atoms with Crippen LogP contribution in [0.1, 0.15) is 11.1 Å². The van der Waals surface area contributed by atoms with Crippen molar-refractivity contribution in [3.8, 4) is 22.8 Å². The number of hydrogen-bond donors (Lipinski definition) is 0. The van der Waals surface area contributed by atoms with Crippen LogP contribution in [0.5, 0.6) is 11.5 Å². The lowest BCUT2D eigenvalue weighted by atomic mass is 9.98.